The first-order valence-electron chi connectivity index (χ1n) is 6.79. The summed E-state index contributed by atoms with van der Waals surface area (Å²) in [5.41, 5.74) is 1.22. The number of rotatable bonds is 2. The van der Waals surface area contributed by atoms with Gasteiger partial charge in [0.2, 0.25) is 0 Å². The van der Waals surface area contributed by atoms with Crippen LogP contribution >= 0.6 is 0 Å². The van der Waals surface area contributed by atoms with Gasteiger partial charge in [-0.3, -0.25) is 4.79 Å². The molecule has 0 aromatic heterocycles. The van der Waals surface area contributed by atoms with Crippen molar-refractivity contribution in [1.29, 1.82) is 0 Å². The van der Waals surface area contributed by atoms with Crippen LogP contribution in [0.1, 0.15) is 36.2 Å². The Labute approximate surface area is 113 Å². The summed E-state index contributed by atoms with van der Waals surface area (Å²) in [6, 6.07) is 4.64. The zero-order chi connectivity index (χ0) is 14.0. The van der Waals surface area contributed by atoms with Gasteiger partial charge in [0.15, 0.2) is 0 Å². The maximum atomic E-state index is 13.1. The lowest BCUT2D eigenvalue weighted by molar-refractivity contribution is 0.0897. The van der Waals surface area contributed by atoms with E-state index < -0.39 is 0 Å². The number of hydrogen-bond donors (Lipinski definition) is 2. The molecule has 3 atom stereocenters. The molecule has 1 heterocycles. The Kier molecular flexibility index (Phi) is 4.20. The molecule has 3 nitrogen and oxygen atoms in total. The van der Waals surface area contributed by atoms with Crippen molar-refractivity contribution < 1.29 is 9.18 Å². The minimum Gasteiger partial charge on any atom is -0.347 e. The molecule has 1 aliphatic rings. The van der Waals surface area contributed by atoms with E-state index in [1.165, 1.54) is 12.1 Å². The number of aryl methyl sites for hydroxylation is 1. The van der Waals surface area contributed by atoms with E-state index in [-0.39, 0.29) is 23.8 Å². The summed E-state index contributed by atoms with van der Waals surface area (Å²) < 4.78 is 13.1. The fraction of sp³-hybridized carbons (Fsp3) is 0.533. The molecule has 1 aliphatic heterocycles. The van der Waals surface area contributed by atoms with E-state index in [0.29, 0.717) is 17.0 Å². The molecule has 0 bridgehead atoms. The first-order chi connectivity index (χ1) is 8.99. The number of carbonyl (C=O) groups is 1. The monoisotopic (exact) mass is 264 g/mol. The van der Waals surface area contributed by atoms with Crippen LogP contribution in [0, 0.1) is 18.7 Å². The van der Waals surface area contributed by atoms with Gasteiger partial charge in [-0.05, 0) is 56.5 Å². The van der Waals surface area contributed by atoms with Crippen LogP contribution in [0.4, 0.5) is 4.39 Å². The van der Waals surface area contributed by atoms with Crippen LogP contribution in [0.15, 0.2) is 18.2 Å². The predicted octanol–water partition coefficient (Wildman–Crippen LogP) is 2.25. The normalized spacial score (nSPS) is 27.1. The molecule has 0 radical (unpaired) electrons. The minimum atomic E-state index is -0.310. The number of nitrogens with one attached hydrogen (secondary N) is 2. The maximum Gasteiger partial charge on any atom is 0.251 e. The van der Waals surface area contributed by atoms with E-state index in [0.717, 1.165) is 13.0 Å². The van der Waals surface area contributed by atoms with E-state index in [4.69, 9.17) is 0 Å². The lowest BCUT2D eigenvalue weighted by atomic mass is 9.89. The molecule has 2 N–H and O–H groups in total. The molecule has 1 saturated heterocycles. The second-order valence-electron chi connectivity index (χ2n) is 5.47. The Hall–Kier alpha value is -1.42. The maximum absolute atomic E-state index is 13.1. The largest absolute Gasteiger partial charge is 0.347 e. The topological polar surface area (TPSA) is 41.1 Å². The molecular formula is C15H21FN2O. The first kappa shape index (κ1) is 14.0. The first-order valence-corrected chi connectivity index (χ1v) is 6.79. The lowest BCUT2D eigenvalue weighted by Gasteiger charge is -2.36. The molecule has 0 spiro atoms. The number of carbonyl (C=O) groups excluding carboxylic acids is 1. The summed E-state index contributed by atoms with van der Waals surface area (Å²) in [6.07, 6.45) is 1.05. The van der Waals surface area contributed by atoms with Crippen LogP contribution < -0.4 is 10.6 Å². The van der Waals surface area contributed by atoms with Gasteiger partial charge in [-0.15, -0.1) is 0 Å². The number of benzene rings is 1. The number of halogens is 1. The van der Waals surface area contributed by atoms with E-state index in [1.54, 1.807) is 13.0 Å². The third-order valence-electron chi connectivity index (χ3n) is 3.95. The van der Waals surface area contributed by atoms with Crippen molar-refractivity contribution >= 4 is 5.91 Å². The summed E-state index contributed by atoms with van der Waals surface area (Å²) >= 11 is 0. The van der Waals surface area contributed by atoms with Gasteiger partial charge >= 0.3 is 0 Å². The molecule has 2 rings (SSSR count). The van der Waals surface area contributed by atoms with E-state index in [9.17, 15) is 9.18 Å². The summed E-state index contributed by atoms with van der Waals surface area (Å²) in [6.45, 7) is 6.98. The van der Waals surface area contributed by atoms with Gasteiger partial charge in [-0.25, -0.2) is 4.39 Å². The van der Waals surface area contributed by atoms with Crippen molar-refractivity contribution in [2.45, 2.75) is 39.3 Å². The Bertz CT molecular complexity index is 465. The Morgan fingerprint density at radius 2 is 2.16 bits per heavy atom. The van der Waals surface area contributed by atoms with Crippen molar-refractivity contribution in [1.82, 2.24) is 10.6 Å². The van der Waals surface area contributed by atoms with E-state index >= 15 is 0 Å². The van der Waals surface area contributed by atoms with Gasteiger partial charge in [0.1, 0.15) is 5.82 Å². The van der Waals surface area contributed by atoms with Crippen LogP contribution in [-0.4, -0.2) is 24.5 Å². The molecule has 19 heavy (non-hydrogen) atoms. The summed E-state index contributed by atoms with van der Waals surface area (Å²) in [4.78, 5) is 12.3. The zero-order valence-electron chi connectivity index (χ0n) is 11.7. The molecule has 1 aromatic rings. The molecule has 3 unspecified atom stereocenters. The number of hydrogen-bond acceptors (Lipinski definition) is 2. The minimum absolute atomic E-state index is 0.116. The Morgan fingerprint density at radius 3 is 2.79 bits per heavy atom. The van der Waals surface area contributed by atoms with E-state index in [2.05, 4.69) is 24.5 Å². The molecular weight excluding hydrogens is 243 g/mol. The van der Waals surface area contributed by atoms with Crippen molar-refractivity contribution in [2.75, 3.05) is 6.54 Å². The molecule has 0 saturated carbocycles. The quantitative estimate of drug-likeness (QED) is 0.860. The van der Waals surface area contributed by atoms with Crippen LogP contribution in [0.3, 0.4) is 0 Å². The van der Waals surface area contributed by atoms with Crippen molar-refractivity contribution in [3.8, 4) is 0 Å². The lowest BCUT2D eigenvalue weighted by Crippen LogP contribution is -2.56. The van der Waals surface area contributed by atoms with Crippen LogP contribution in [0.2, 0.25) is 0 Å². The van der Waals surface area contributed by atoms with Gasteiger partial charge in [0.05, 0.1) is 0 Å². The zero-order valence-corrected chi connectivity index (χ0v) is 11.7. The Balaban J connectivity index is 2.11. The van der Waals surface area contributed by atoms with Crippen LogP contribution in [0.5, 0.6) is 0 Å². The molecule has 1 aromatic carbocycles. The fourth-order valence-electron chi connectivity index (χ4n) is 2.72. The molecule has 0 aliphatic carbocycles. The fourth-order valence-corrected chi connectivity index (χ4v) is 2.72. The van der Waals surface area contributed by atoms with Crippen molar-refractivity contribution in [3.05, 3.63) is 35.1 Å². The van der Waals surface area contributed by atoms with Crippen molar-refractivity contribution in [3.63, 3.8) is 0 Å². The average molecular weight is 264 g/mol. The molecule has 1 fully saturated rings. The highest BCUT2D eigenvalue weighted by atomic mass is 19.1. The summed E-state index contributed by atoms with van der Waals surface area (Å²) in [5.74, 6) is 0.0148. The number of piperidine rings is 1. The number of amides is 1. The van der Waals surface area contributed by atoms with Gasteiger partial charge in [-0.2, -0.15) is 0 Å². The third kappa shape index (κ3) is 3.13. The SMILES string of the molecule is Cc1cc(F)ccc1C(=O)NC1C(C)CCNC1C. The van der Waals surface area contributed by atoms with Crippen LogP contribution in [0.25, 0.3) is 0 Å². The third-order valence-corrected chi connectivity index (χ3v) is 3.95. The predicted molar refractivity (Wildman–Crippen MR) is 73.6 cm³/mol. The summed E-state index contributed by atoms with van der Waals surface area (Å²) in [7, 11) is 0. The van der Waals surface area contributed by atoms with Crippen molar-refractivity contribution in [2.24, 2.45) is 5.92 Å². The summed E-state index contributed by atoms with van der Waals surface area (Å²) in [5, 5.41) is 6.44. The standard InChI is InChI=1S/C15H21FN2O/c1-9-6-7-17-11(3)14(9)18-15(19)13-5-4-12(16)8-10(13)2/h4-5,8-9,11,14,17H,6-7H2,1-3H3,(H,18,19). The van der Waals surface area contributed by atoms with Gasteiger partial charge in [0, 0.05) is 17.6 Å². The smallest absolute Gasteiger partial charge is 0.251 e. The highest BCUT2D eigenvalue weighted by molar-refractivity contribution is 5.95. The second-order valence-corrected chi connectivity index (χ2v) is 5.47. The van der Waals surface area contributed by atoms with Crippen LogP contribution in [-0.2, 0) is 0 Å². The van der Waals surface area contributed by atoms with Gasteiger partial charge in [-0.1, -0.05) is 6.92 Å². The van der Waals surface area contributed by atoms with Gasteiger partial charge in [0.25, 0.3) is 5.91 Å². The van der Waals surface area contributed by atoms with Gasteiger partial charge < -0.3 is 10.6 Å². The van der Waals surface area contributed by atoms with E-state index in [1.807, 2.05) is 0 Å². The highest BCUT2D eigenvalue weighted by Crippen LogP contribution is 2.17. The molecule has 104 valence electrons. The Morgan fingerprint density at radius 1 is 1.42 bits per heavy atom. The molecule has 4 heteroatoms. The second kappa shape index (κ2) is 5.70. The average Bonchev–Trinajstić information content (AvgIpc) is 2.33. The highest BCUT2D eigenvalue weighted by Gasteiger charge is 2.29. The molecule has 1 amide bonds.